The first kappa shape index (κ1) is 22.6. The summed E-state index contributed by atoms with van der Waals surface area (Å²) >= 11 is 1.14. The zero-order valence-electron chi connectivity index (χ0n) is 18.0. The van der Waals surface area contributed by atoms with Gasteiger partial charge in [0.05, 0.1) is 5.75 Å². The molecule has 0 saturated carbocycles. The Morgan fingerprint density at radius 3 is 2.71 bits per heavy atom. The highest BCUT2D eigenvalue weighted by atomic mass is 32.2. The van der Waals surface area contributed by atoms with Gasteiger partial charge < -0.3 is 15.9 Å². The number of nitrogens with one attached hydrogen (secondary N) is 1. The summed E-state index contributed by atoms with van der Waals surface area (Å²) in [5.41, 5.74) is 3.12. The number of nitrogens with zero attached hydrogens (tertiary/aromatic N) is 3. The number of hydrogen-bond donors (Lipinski definition) is 2. The van der Waals surface area contributed by atoms with E-state index in [1.165, 1.54) is 10.7 Å². The second kappa shape index (κ2) is 9.82. The van der Waals surface area contributed by atoms with Crippen molar-refractivity contribution in [1.82, 2.24) is 14.9 Å². The lowest BCUT2D eigenvalue weighted by atomic mass is 10.0. The Morgan fingerprint density at radius 1 is 1.23 bits per heavy atom. The molecule has 0 spiro atoms. The molecule has 1 aromatic heterocycles. The van der Waals surface area contributed by atoms with Gasteiger partial charge in [-0.05, 0) is 54.7 Å². The summed E-state index contributed by atoms with van der Waals surface area (Å²) in [6, 6.07) is 10.6. The molecule has 0 aliphatic rings. The van der Waals surface area contributed by atoms with Gasteiger partial charge in [0.1, 0.15) is 18.2 Å². The molecule has 0 aliphatic carbocycles. The number of amides is 1. The number of carbonyl (C=O) groups is 1. The Labute approximate surface area is 185 Å². The smallest absolute Gasteiger partial charge is 0.234 e. The molecule has 164 valence electrons. The summed E-state index contributed by atoms with van der Waals surface area (Å²) in [5, 5.41) is 11.1. The monoisotopic (exact) mass is 443 g/mol. The fourth-order valence-electron chi connectivity index (χ4n) is 2.89. The lowest BCUT2D eigenvalue weighted by Gasteiger charge is -2.14. The average Bonchev–Trinajstić information content (AvgIpc) is 3.07. The third kappa shape index (κ3) is 5.75. The number of rotatable bonds is 8. The number of aromatic nitrogens is 3. The third-order valence-corrected chi connectivity index (χ3v) is 5.61. The van der Waals surface area contributed by atoms with Crippen LogP contribution in [0.2, 0.25) is 0 Å². The first-order chi connectivity index (χ1) is 14.7. The van der Waals surface area contributed by atoms with Crippen LogP contribution in [0.3, 0.4) is 0 Å². The van der Waals surface area contributed by atoms with Gasteiger partial charge in [-0.3, -0.25) is 4.79 Å². The Hall–Kier alpha value is -3.07. The molecule has 1 amide bonds. The Morgan fingerprint density at radius 2 is 2.00 bits per heavy atom. The average molecular weight is 444 g/mol. The van der Waals surface area contributed by atoms with Crippen molar-refractivity contribution in [2.24, 2.45) is 0 Å². The highest BCUT2D eigenvalue weighted by Gasteiger charge is 2.15. The Kier molecular flexibility index (Phi) is 7.17. The molecule has 3 rings (SSSR count). The number of anilines is 1. The van der Waals surface area contributed by atoms with Gasteiger partial charge in [0.15, 0.2) is 5.82 Å². The predicted molar refractivity (Wildman–Crippen MR) is 120 cm³/mol. The minimum atomic E-state index is -0.369. The van der Waals surface area contributed by atoms with E-state index in [-0.39, 0.29) is 24.1 Å². The van der Waals surface area contributed by atoms with E-state index in [4.69, 9.17) is 10.6 Å². The SMILES string of the molecule is Cc1ccc(C(C)C)c(OCc2nnc(SCC(=O)Nc3ccc(C)c(F)c3)n2N)c1. The van der Waals surface area contributed by atoms with E-state index in [0.29, 0.717) is 28.1 Å². The van der Waals surface area contributed by atoms with Gasteiger partial charge in [-0.25, -0.2) is 9.07 Å². The molecule has 9 heteroatoms. The van der Waals surface area contributed by atoms with Crippen molar-refractivity contribution in [3.05, 3.63) is 64.7 Å². The number of thioether (sulfide) groups is 1. The molecular formula is C22H26FN5O2S. The zero-order chi connectivity index (χ0) is 22.5. The molecule has 0 bridgehead atoms. The van der Waals surface area contributed by atoms with Crippen molar-refractivity contribution in [2.75, 3.05) is 16.9 Å². The number of nitrogen functional groups attached to an aromatic ring is 1. The quantitative estimate of drug-likeness (QED) is 0.401. The first-order valence-corrected chi connectivity index (χ1v) is 10.8. The van der Waals surface area contributed by atoms with Crippen LogP contribution in [0.5, 0.6) is 5.75 Å². The van der Waals surface area contributed by atoms with E-state index in [1.54, 1.807) is 19.1 Å². The molecule has 1 heterocycles. The summed E-state index contributed by atoms with van der Waals surface area (Å²) in [7, 11) is 0. The first-order valence-electron chi connectivity index (χ1n) is 9.86. The Balaban J connectivity index is 1.58. The van der Waals surface area contributed by atoms with E-state index in [1.807, 2.05) is 13.0 Å². The normalized spacial score (nSPS) is 11.0. The fourth-order valence-corrected chi connectivity index (χ4v) is 3.56. The van der Waals surface area contributed by atoms with Crippen LogP contribution in [0.4, 0.5) is 10.1 Å². The minimum absolute atomic E-state index is 0.0566. The molecule has 3 aromatic rings. The van der Waals surface area contributed by atoms with Crippen LogP contribution < -0.4 is 15.9 Å². The lowest BCUT2D eigenvalue weighted by Crippen LogP contribution is -2.18. The minimum Gasteiger partial charge on any atom is -0.485 e. The molecule has 0 saturated heterocycles. The van der Waals surface area contributed by atoms with Crippen molar-refractivity contribution in [2.45, 2.75) is 45.4 Å². The van der Waals surface area contributed by atoms with Crippen LogP contribution in [-0.2, 0) is 11.4 Å². The van der Waals surface area contributed by atoms with Crippen LogP contribution in [-0.4, -0.2) is 26.5 Å². The summed E-state index contributed by atoms with van der Waals surface area (Å²) in [6.45, 7) is 8.03. The number of ether oxygens (including phenoxy) is 1. The molecular weight excluding hydrogens is 417 g/mol. The van der Waals surface area contributed by atoms with Gasteiger partial charge in [-0.15, -0.1) is 10.2 Å². The molecule has 31 heavy (non-hydrogen) atoms. The highest BCUT2D eigenvalue weighted by molar-refractivity contribution is 7.99. The maximum absolute atomic E-state index is 13.6. The largest absolute Gasteiger partial charge is 0.485 e. The van der Waals surface area contributed by atoms with Gasteiger partial charge in [-0.1, -0.05) is 43.8 Å². The number of hydrogen-bond acceptors (Lipinski definition) is 6. The van der Waals surface area contributed by atoms with Crippen LogP contribution in [0.25, 0.3) is 0 Å². The van der Waals surface area contributed by atoms with E-state index in [9.17, 15) is 9.18 Å². The van der Waals surface area contributed by atoms with Crippen LogP contribution >= 0.6 is 11.8 Å². The lowest BCUT2D eigenvalue weighted by molar-refractivity contribution is -0.113. The van der Waals surface area contributed by atoms with Crippen molar-refractivity contribution >= 4 is 23.4 Å². The number of nitrogens with two attached hydrogens (primary N) is 1. The fraction of sp³-hybridized carbons (Fsp3) is 0.318. The molecule has 0 aliphatic heterocycles. The number of carbonyl (C=O) groups excluding carboxylic acids is 1. The molecule has 2 aromatic carbocycles. The zero-order valence-corrected chi connectivity index (χ0v) is 18.8. The van der Waals surface area contributed by atoms with Gasteiger partial charge in [0.2, 0.25) is 11.1 Å². The predicted octanol–water partition coefficient (Wildman–Crippen LogP) is 4.18. The van der Waals surface area contributed by atoms with Crippen LogP contribution in [0.1, 0.15) is 42.3 Å². The van der Waals surface area contributed by atoms with E-state index < -0.39 is 0 Å². The molecule has 7 nitrogen and oxygen atoms in total. The van der Waals surface area contributed by atoms with E-state index in [2.05, 4.69) is 41.5 Å². The van der Waals surface area contributed by atoms with Crippen molar-refractivity contribution in [3.8, 4) is 5.75 Å². The second-order valence-corrected chi connectivity index (χ2v) is 8.50. The van der Waals surface area contributed by atoms with Crippen LogP contribution in [0, 0.1) is 19.7 Å². The molecule has 0 atom stereocenters. The van der Waals surface area contributed by atoms with Crippen molar-refractivity contribution in [1.29, 1.82) is 0 Å². The Bertz CT molecular complexity index is 1080. The van der Waals surface area contributed by atoms with Gasteiger partial charge >= 0.3 is 0 Å². The van der Waals surface area contributed by atoms with Crippen molar-refractivity contribution < 1.29 is 13.9 Å². The van der Waals surface area contributed by atoms with E-state index in [0.717, 1.165) is 28.6 Å². The maximum atomic E-state index is 13.6. The standard InChI is InChI=1S/C22H26FN5O2S/c1-13(2)17-8-5-14(3)9-19(17)30-11-20-26-27-22(28(20)24)31-12-21(29)25-16-7-6-15(4)18(23)10-16/h5-10,13H,11-12,24H2,1-4H3,(H,25,29). The maximum Gasteiger partial charge on any atom is 0.234 e. The van der Waals surface area contributed by atoms with Gasteiger partial charge in [0.25, 0.3) is 0 Å². The molecule has 0 fully saturated rings. The summed E-state index contributed by atoms with van der Waals surface area (Å²) < 4.78 is 20.9. The number of halogens is 1. The van der Waals surface area contributed by atoms with E-state index >= 15 is 0 Å². The number of aryl methyl sites for hydroxylation is 2. The molecule has 3 N–H and O–H groups in total. The summed E-state index contributed by atoms with van der Waals surface area (Å²) in [6.07, 6.45) is 0. The van der Waals surface area contributed by atoms with Gasteiger partial charge in [-0.2, -0.15) is 0 Å². The van der Waals surface area contributed by atoms with Crippen LogP contribution in [0.15, 0.2) is 41.6 Å². The molecule has 0 radical (unpaired) electrons. The summed E-state index contributed by atoms with van der Waals surface area (Å²) in [5.74, 6) is 7.02. The van der Waals surface area contributed by atoms with Crippen molar-refractivity contribution in [3.63, 3.8) is 0 Å². The third-order valence-electron chi connectivity index (χ3n) is 4.67. The topological polar surface area (TPSA) is 95.1 Å². The highest BCUT2D eigenvalue weighted by Crippen LogP contribution is 2.28. The number of benzene rings is 2. The van der Waals surface area contributed by atoms with Gasteiger partial charge in [0, 0.05) is 5.69 Å². The molecule has 0 unspecified atom stereocenters. The second-order valence-electron chi connectivity index (χ2n) is 7.55. The summed E-state index contributed by atoms with van der Waals surface area (Å²) in [4.78, 5) is 12.2.